The Morgan fingerprint density at radius 3 is 2.53 bits per heavy atom. The first-order valence-corrected chi connectivity index (χ1v) is 5.22. The summed E-state index contributed by atoms with van der Waals surface area (Å²) in [6.45, 7) is 7.21. The number of carbonyl (C=O) groups is 1. The number of amides is 1. The van der Waals surface area contributed by atoms with Gasteiger partial charge >= 0.3 is 0 Å². The van der Waals surface area contributed by atoms with Crippen molar-refractivity contribution in [1.82, 2.24) is 5.16 Å². The van der Waals surface area contributed by atoms with Gasteiger partial charge in [-0.05, 0) is 27.7 Å². The molecule has 1 aromatic rings. The number of aromatic nitrogens is 1. The SMILES string of the molecule is Cc1noc(NC(=O)C(C)(C)CCl)c1C. The molecular weight excluding hydrogens is 216 g/mol. The third kappa shape index (κ3) is 2.50. The largest absolute Gasteiger partial charge is 0.338 e. The quantitative estimate of drug-likeness (QED) is 0.812. The van der Waals surface area contributed by atoms with Gasteiger partial charge in [0.1, 0.15) is 0 Å². The summed E-state index contributed by atoms with van der Waals surface area (Å²) < 4.78 is 4.98. The summed E-state index contributed by atoms with van der Waals surface area (Å²) in [7, 11) is 0. The second kappa shape index (κ2) is 4.23. The predicted molar refractivity (Wildman–Crippen MR) is 59.1 cm³/mol. The van der Waals surface area contributed by atoms with E-state index >= 15 is 0 Å². The number of carbonyl (C=O) groups excluding carboxylic acids is 1. The molecule has 1 heterocycles. The zero-order valence-electron chi connectivity index (χ0n) is 9.35. The molecule has 5 heteroatoms. The van der Waals surface area contributed by atoms with Crippen molar-refractivity contribution in [2.24, 2.45) is 5.41 Å². The number of hydrogen-bond acceptors (Lipinski definition) is 3. The van der Waals surface area contributed by atoms with Crippen LogP contribution >= 0.6 is 11.6 Å². The zero-order valence-corrected chi connectivity index (χ0v) is 10.1. The summed E-state index contributed by atoms with van der Waals surface area (Å²) in [6.07, 6.45) is 0. The fourth-order valence-electron chi connectivity index (χ4n) is 0.865. The van der Waals surface area contributed by atoms with E-state index in [0.717, 1.165) is 11.3 Å². The van der Waals surface area contributed by atoms with Gasteiger partial charge in [0, 0.05) is 11.4 Å². The maximum absolute atomic E-state index is 11.7. The van der Waals surface area contributed by atoms with E-state index < -0.39 is 5.41 Å². The summed E-state index contributed by atoms with van der Waals surface area (Å²) >= 11 is 5.69. The van der Waals surface area contributed by atoms with Crippen LogP contribution in [0.3, 0.4) is 0 Å². The van der Waals surface area contributed by atoms with Crippen molar-refractivity contribution in [1.29, 1.82) is 0 Å². The highest BCUT2D eigenvalue weighted by molar-refractivity contribution is 6.20. The van der Waals surface area contributed by atoms with E-state index in [1.54, 1.807) is 13.8 Å². The summed E-state index contributed by atoms with van der Waals surface area (Å²) in [5.74, 6) is 0.484. The van der Waals surface area contributed by atoms with Crippen LogP contribution in [0.5, 0.6) is 0 Å². The number of halogens is 1. The van der Waals surface area contributed by atoms with E-state index in [-0.39, 0.29) is 11.8 Å². The number of nitrogens with one attached hydrogen (secondary N) is 1. The number of alkyl halides is 1. The lowest BCUT2D eigenvalue weighted by Crippen LogP contribution is -2.32. The molecule has 1 rings (SSSR count). The molecule has 0 aliphatic heterocycles. The monoisotopic (exact) mass is 230 g/mol. The second-order valence-corrected chi connectivity index (χ2v) is 4.46. The third-order valence-corrected chi connectivity index (χ3v) is 3.00. The van der Waals surface area contributed by atoms with Crippen LogP contribution in [0.2, 0.25) is 0 Å². The molecule has 1 aromatic heterocycles. The van der Waals surface area contributed by atoms with Gasteiger partial charge in [0.05, 0.1) is 11.1 Å². The Kier molecular flexibility index (Phi) is 3.39. The van der Waals surface area contributed by atoms with Crippen molar-refractivity contribution < 1.29 is 9.32 Å². The standard InChI is InChI=1S/C10H15ClN2O2/c1-6-7(2)13-15-8(6)12-9(14)10(3,4)5-11/h5H2,1-4H3,(H,12,14). The highest BCUT2D eigenvalue weighted by Crippen LogP contribution is 2.23. The van der Waals surface area contributed by atoms with E-state index in [2.05, 4.69) is 10.5 Å². The van der Waals surface area contributed by atoms with Crippen molar-refractivity contribution in [3.8, 4) is 0 Å². The van der Waals surface area contributed by atoms with Crippen molar-refractivity contribution in [2.75, 3.05) is 11.2 Å². The van der Waals surface area contributed by atoms with Crippen LogP contribution in [0, 0.1) is 19.3 Å². The second-order valence-electron chi connectivity index (χ2n) is 4.19. The smallest absolute Gasteiger partial charge is 0.234 e. The third-order valence-electron chi connectivity index (χ3n) is 2.33. The molecule has 0 saturated carbocycles. The van der Waals surface area contributed by atoms with Gasteiger partial charge in [-0.25, -0.2) is 0 Å². The number of rotatable bonds is 3. The van der Waals surface area contributed by atoms with Crippen LogP contribution < -0.4 is 5.32 Å². The number of aryl methyl sites for hydroxylation is 1. The van der Waals surface area contributed by atoms with Crippen LogP contribution in [0.1, 0.15) is 25.1 Å². The predicted octanol–water partition coefficient (Wildman–Crippen LogP) is 2.49. The molecule has 0 aliphatic carbocycles. The molecule has 0 aromatic carbocycles. The number of nitrogens with zero attached hydrogens (tertiary/aromatic N) is 1. The Morgan fingerprint density at radius 2 is 2.13 bits per heavy atom. The summed E-state index contributed by atoms with van der Waals surface area (Å²) in [4.78, 5) is 11.7. The van der Waals surface area contributed by atoms with Crippen molar-refractivity contribution in [3.63, 3.8) is 0 Å². The van der Waals surface area contributed by atoms with Gasteiger partial charge in [0.2, 0.25) is 11.8 Å². The molecule has 0 radical (unpaired) electrons. The van der Waals surface area contributed by atoms with Crippen LogP contribution in [-0.2, 0) is 4.79 Å². The molecule has 0 spiro atoms. The average Bonchev–Trinajstić information content (AvgIpc) is 2.49. The molecule has 0 saturated heterocycles. The Labute approximate surface area is 94.0 Å². The van der Waals surface area contributed by atoms with E-state index in [0.29, 0.717) is 5.88 Å². The molecule has 0 fully saturated rings. The molecule has 0 atom stereocenters. The lowest BCUT2D eigenvalue weighted by molar-refractivity contribution is -0.123. The first kappa shape index (κ1) is 12.0. The Bertz CT molecular complexity index is 371. The summed E-state index contributed by atoms with van der Waals surface area (Å²) in [6, 6.07) is 0. The van der Waals surface area contributed by atoms with Crippen LogP contribution in [-0.4, -0.2) is 16.9 Å². The van der Waals surface area contributed by atoms with Gasteiger partial charge in [-0.1, -0.05) is 5.16 Å². The van der Waals surface area contributed by atoms with Gasteiger partial charge < -0.3 is 4.52 Å². The molecule has 0 aliphatic rings. The van der Waals surface area contributed by atoms with E-state index in [9.17, 15) is 4.79 Å². The van der Waals surface area contributed by atoms with Gasteiger partial charge in [-0.15, -0.1) is 11.6 Å². The lowest BCUT2D eigenvalue weighted by atomic mass is 9.95. The Morgan fingerprint density at radius 1 is 1.53 bits per heavy atom. The van der Waals surface area contributed by atoms with Gasteiger partial charge in [-0.3, -0.25) is 10.1 Å². The number of anilines is 1. The highest BCUT2D eigenvalue weighted by Gasteiger charge is 2.28. The minimum Gasteiger partial charge on any atom is -0.338 e. The summed E-state index contributed by atoms with van der Waals surface area (Å²) in [5.41, 5.74) is 0.997. The van der Waals surface area contributed by atoms with Crippen LogP contribution in [0.4, 0.5) is 5.88 Å². The van der Waals surface area contributed by atoms with Crippen molar-refractivity contribution in [2.45, 2.75) is 27.7 Å². The molecule has 1 N–H and O–H groups in total. The molecule has 15 heavy (non-hydrogen) atoms. The maximum Gasteiger partial charge on any atom is 0.234 e. The first-order valence-electron chi connectivity index (χ1n) is 4.69. The van der Waals surface area contributed by atoms with E-state index in [1.165, 1.54) is 0 Å². The zero-order chi connectivity index (χ0) is 11.6. The number of hydrogen-bond donors (Lipinski definition) is 1. The van der Waals surface area contributed by atoms with Gasteiger partial charge in [0.25, 0.3) is 0 Å². The minimum absolute atomic E-state index is 0.170. The van der Waals surface area contributed by atoms with Crippen molar-refractivity contribution in [3.05, 3.63) is 11.3 Å². The maximum atomic E-state index is 11.7. The molecule has 4 nitrogen and oxygen atoms in total. The van der Waals surface area contributed by atoms with Gasteiger partial charge in [0.15, 0.2) is 0 Å². The highest BCUT2D eigenvalue weighted by atomic mass is 35.5. The Hall–Kier alpha value is -1.03. The fraction of sp³-hybridized carbons (Fsp3) is 0.600. The normalized spacial score (nSPS) is 11.5. The molecule has 0 bridgehead atoms. The van der Waals surface area contributed by atoms with E-state index in [1.807, 2.05) is 13.8 Å². The van der Waals surface area contributed by atoms with Crippen LogP contribution in [0.25, 0.3) is 0 Å². The topological polar surface area (TPSA) is 55.1 Å². The lowest BCUT2D eigenvalue weighted by Gasteiger charge is -2.19. The Balaban J connectivity index is 2.79. The van der Waals surface area contributed by atoms with Crippen molar-refractivity contribution >= 4 is 23.4 Å². The van der Waals surface area contributed by atoms with E-state index in [4.69, 9.17) is 16.1 Å². The molecule has 1 amide bonds. The molecule has 84 valence electrons. The molecular formula is C10H15ClN2O2. The fourth-order valence-corrected chi connectivity index (χ4v) is 0.986. The molecule has 0 unspecified atom stereocenters. The first-order chi connectivity index (χ1) is 6.88. The minimum atomic E-state index is -0.616. The summed E-state index contributed by atoms with van der Waals surface area (Å²) in [5, 5.41) is 6.42. The van der Waals surface area contributed by atoms with Crippen LogP contribution in [0.15, 0.2) is 4.52 Å². The van der Waals surface area contributed by atoms with Gasteiger partial charge in [-0.2, -0.15) is 0 Å². The average molecular weight is 231 g/mol.